The van der Waals surface area contributed by atoms with Gasteiger partial charge in [0.25, 0.3) is 5.91 Å². The highest BCUT2D eigenvalue weighted by molar-refractivity contribution is 7.98. The molecule has 0 saturated carbocycles. The first-order valence-electron chi connectivity index (χ1n) is 12.8. The standard InChI is InChI=1S/C31H26N4O5S/c1-37-24-7-5-6-22(16-24)29-33-34-31(35(29)25-8-3-4-9-26(25)38-2)41-18-20-10-12-21(13-11-20)30(36)32-23-14-15-27-28(17-23)40-19-39-27/h3-17H,18-19H2,1-2H3,(H,32,36). The van der Waals surface area contributed by atoms with E-state index in [1.165, 1.54) is 0 Å². The van der Waals surface area contributed by atoms with Crippen LogP contribution in [-0.4, -0.2) is 41.7 Å². The van der Waals surface area contributed by atoms with Crippen molar-refractivity contribution >= 4 is 23.4 Å². The lowest BCUT2D eigenvalue weighted by molar-refractivity contribution is 0.102. The van der Waals surface area contributed by atoms with Gasteiger partial charge in [0.1, 0.15) is 11.5 Å². The van der Waals surface area contributed by atoms with E-state index in [0.717, 1.165) is 22.6 Å². The molecule has 0 bridgehead atoms. The second-order valence-electron chi connectivity index (χ2n) is 9.05. The SMILES string of the molecule is COc1cccc(-c2nnc(SCc3ccc(C(=O)Nc4ccc5c(c4)OCO5)cc3)n2-c2ccccc2OC)c1. The fraction of sp³-hybridized carbons (Fsp3) is 0.129. The van der Waals surface area contributed by atoms with Gasteiger partial charge in [0.05, 0.1) is 19.9 Å². The van der Waals surface area contributed by atoms with Crippen molar-refractivity contribution in [2.45, 2.75) is 10.9 Å². The van der Waals surface area contributed by atoms with Gasteiger partial charge < -0.3 is 24.3 Å². The fourth-order valence-electron chi connectivity index (χ4n) is 4.42. The fourth-order valence-corrected chi connectivity index (χ4v) is 5.32. The predicted molar refractivity (Wildman–Crippen MR) is 156 cm³/mol. The second kappa shape index (κ2) is 11.6. The number of thioether (sulfide) groups is 1. The molecule has 4 aromatic carbocycles. The van der Waals surface area contributed by atoms with Crippen LogP contribution in [0.4, 0.5) is 5.69 Å². The van der Waals surface area contributed by atoms with E-state index >= 15 is 0 Å². The molecule has 0 saturated heterocycles. The Morgan fingerprint density at radius 3 is 2.56 bits per heavy atom. The molecule has 1 aliphatic rings. The molecule has 0 fully saturated rings. The van der Waals surface area contributed by atoms with Gasteiger partial charge in [-0.3, -0.25) is 9.36 Å². The van der Waals surface area contributed by atoms with Crippen LogP contribution in [0.3, 0.4) is 0 Å². The van der Waals surface area contributed by atoms with Crippen LogP contribution in [0, 0.1) is 0 Å². The summed E-state index contributed by atoms with van der Waals surface area (Å²) in [5.74, 6) is 3.81. The highest BCUT2D eigenvalue weighted by atomic mass is 32.2. The Balaban J connectivity index is 1.21. The van der Waals surface area contributed by atoms with Gasteiger partial charge >= 0.3 is 0 Å². The van der Waals surface area contributed by atoms with Crippen LogP contribution in [0.25, 0.3) is 17.1 Å². The normalized spacial score (nSPS) is 11.8. The van der Waals surface area contributed by atoms with Crippen molar-refractivity contribution in [2.24, 2.45) is 0 Å². The zero-order chi connectivity index (χ0) is 28.2. The van der Waals surface area contributed by atoms with Crippen LogP contribution in [0.15, 0.2) is 96.2 Å². The number of nitrogens with one attached hydrogen (secondary N) is 1. The van der Waals surface area contributed by atoms with E-state index in [2.05, 4.69) is 15.5 Å². The van der Waals surface area contributed by atoms with E-state index in [-0.39, 0.29) is 12.7 Å². The Morgan fingerprint density at radius 1 is 0.902 bits per heavy atom. The molecule has 41 heavy (non-hydrogen) atoms. The molecule has 0 aliphatic carbocycles. The number of fused-ring (bicyclic) bond motifs is 1. The molecule has 0 atom stereocenters. The number of benzene rings is 4. The van der Waals surface area contributed by atoms with E-state index in [1.54, 1.807) is 44.2 Å². The van der Waals surface area contributed by atoms with Crippen LogP contribution in [0.5, 0.6) is 23.0 Å². The van der Waals surface area contributed by atoms with Crippen LogP contribution < -0.4 is 24.3 Å². The van der Waals surface area contributed by atoms with Gasteiger partial charge in [-0.2, -0.15) is 0 Å². The van der Waals surface area contributed by atoms with Crippen molar-refractivity contribution in [1.82, 2.24) is 14.8 Å². The first kappa shape index (κ1) is 26.3. The largest absolute Gasteiger partial charge is 0.497 e. The van der Waals surface area contributed by atoms with Crippen LogP contribution in [0.2, 0.25) is 0 Å². The maximum Gasteiger partial charge on any atom is 0.255 e. The van der Waals surface area contributed by atoms with E-state index in [1.807, 2.05) is 77.4 Å². The van der Waals surface area contributed by atoms with Crippen molar-refractivity contribution in [3.05, 3.63) is 102 Å². The van der Waals surface area contributed by atoms with Crippen LogP contribution in [0.1, 0.15) is 15.9 Å². The van der Waals surface area contributed by atoms with E-state index in [4.69, 9.17) is 18.9 Å². The van der Waals surface area contributed by atoms with Gasteiger partial charge in [0.15, 0.2) is 22.5 Å². The topological polar surface area (TPSA) is 96.7 Å². The van der Waals surface area contributed by atoms with E-state index in [9.17, 15) is 4.79 Å². The number of ether oxygens (including phenoxy) is 4. The van der Waals surface area contributed by atoms with E-state index in [0.29, 0.717) is 45.2 Å². The summed E-state index contributed by atoms with van der Waals surface area (Å²) in [6.07, 6.45) is 0. The molecule has 1 aromatic heterocycles. The Kier molecular flexibility index (Phi) is 7.46. The number of nitrogens with zero attached hydrogens (tertiary/aromatic N) is 3. The molecule has 0 spiro atoms. The minimum Gasteiger partial charge on any atom is -0.497 e. The lowest BCUT2D eigenvalue weighted by Crippen LogP contribution is -2.11. The summed E-state index contributed by atoms with van der Waals surface area (Å²) in [4.78, 5) is 12.8. The van der Waals surface area contributed by atoms with Crippen LogP contribution >= 0.6 is 11.8 Å². The van der Waals surface area contributed by atoms with Gasteiger partial charge in [0.2, 0.25) is 6.79 Å². The Bertz CT molecular complexity index is 1700. The molecule has 1 amide bonds. The minimum absolute atomic E-state index is 0.184. The van der Waals surface area contributed by atoms with Gasteiger partial charge in [-0.25, -0.2) is 0 Å². The van der Waals surface area contributed by atoms with Gasteiger partial charge in [-0.05, 0) is 54.1 Å². The molecule has 0 unspecified atom stereocenters. The third kappa shape index (κ3) is 5.55. The summed E-state index contributed by atoms with van der Waals surface area (Å²) >= 11 is 1.54. The Labute approximate surface area is 241 Å². The van der Waals surface area contributed by atoms with Gasteiger partial charge in [0, 0.05) is 28.6 Å². The zero-order valence-corrected chi connectivity index (χ0v) is 23.2. The Hall–Kier alpha value is -4.96. The number of carbonyl (C=O) groups is 1. The molecular formula is C31H26N4O5S. The molecule has 5 aromatic rings. The summed E-state index contributed by atoms with van der Waals surface area (Å²) < 4.78 is 23.8. The quantitative estimate of drug-likeness (QED) is 0.210. The molecule has 6 rings (SSSR count). The van der Waals surface area contributed by atoms with Crippen molar-refractivity contribution in [1.29, 1.82) is 0 Å². The minimum atomic E-state index is -0.207. The van der Waals surface area contributed by atoms with Crippen molar-refractivity contribution in [3.63, 3.8) is 0 Å². The molecule has 10 heteroatoms. The highest BCUT2D eigenvalue weighted by Crippen LogP contribution is 2.36. The average Bonchev–Trinajstić information content (AvgIpc) is 3.67. The Morgan fingerprint density at radius 2 is 1.73 bits per heavy atom. The van der Waals surface area contributed by atoms with E-state index < -0.39 is 0 Å². The van der Waals surface area contributed by atoms with Crippen molar-refractivity contribution in [2.75, 3.05) is 26.3 Å². The summed E-state index contributed by atoms with van der Waals surface area (Å²) in [6.45, 7) is 0.184. The molecule has 206 valence electrons. The number of carbonyl (C=O) groups excluding carboxylic acids is 1. The molecule has 0 radical (unpaired) electrons. The third-order valence-corrected chi connectivity index (χ3v) is 7.50. The number of anilines is 1. The predicted octanol–water partition coefficient (Wildman–Crippen LogP) is 6.22. The number of hydrogen-bond acceptors (Lipinski definition) is 8. The zero-order valence-electron chi connectivity index (χ0n) is 22.4. The average molecular weight is 567 g/mol. The monoisotopic (exact) mass is 566 g/mol. The number of aromatic nitrogens is 3. The van der Waals surface area contributed by atoms with Crippen molar-refractivity contribution in [3.8, 4) is 40.1 Å². The molecule has 9 nitrogen and oxygen atoms in total. The second-order valence-corrected chi connectivity index (χ2v) is 10.00. The van der Waals surface area contributed by atoms with Gasteiger partial charge in [-0.1, -0.05) is 48.2 Å². The van der Waals surface area contributed by atoms with Crippen LogP contribution in [-0.2, 0) is 5.75 Å². The molecule has 1 N–H and O–H groups in total. The highest BCUT2D eigenvalue weighted by Gasteiger charge is 2.20. The number of rotatable bonds is 9. The summed E-state index contributed by atoms with van der Waals surface area (Å²) in [7, 11) is 3.28. The first-order chi connectivity index (χ1) is 20.1. The molecule has 1 aliphatic heterocycles. The summed E-state index contributed by atoms with van der Waals surface area (Å²) in [6, 6.07) is 28.3. The first-order valence-corrected chi connectivity index (χ1v) is 13.8. The third-order valence-electron chi connectivity index (χ3n) is 6.50. The maximum atomic E-state index is 12.8. The molecular weight excluding hydrogens is 540 g/mol. The maximum absolute atomic E-state index is 12.8. The smallest absolute Gasteiger partial charge is 0.255 e. The van der Waals surface area contributed by atoms with Gasteiger partial charge in [-0.15, -0.1) is 10.2 Å². The summed E-state index contributed by atoms with van der Waals surface area (Å²) in [5, 5.41) is 12.7. The van der Waals surface area contributed by atoms with Crippen molar-refractivity contribution < 1.29 is 23.7 Å². The number of methoxy groups -OCH3 is 2. The number of hydrogen-bond donors (Lipinski definition) is 1. The number of para-hydroxylation sites is 2. The lowest BCUT2D eigenvalue weighted by atomic mass is 10.1. The lowest BCUT2D eigenvalue weighted by Gasteiger charge is -2.14. The molecule has 2 heterocycles. The summed E-state index contributed by atoms with van der Waals surface area (Å²) in [5.41, 5.74) is 3.92. The number of amides is 1.